The highest BCUT2D eigenvalue weighted by molar-refractivity contribution is 9.10. The van der Waals surface area contributed by atoms with Crippen LogP contribution in [0.3, 0.4) is 0 Å². The molecule has 0 aliphatic heterocycles. The van der Waals surface area contributed by atoms with E-state index in [4.69, 9.17) is 0 Å². The second-order valence-corrected chi connectivity index (χ2v) is 5.33. The van der Waals surface area contributed by atoms with Gasteiger partial charge in [-0.15, -0.1) is 0 Å². The molecule has 0 aromatic carbocycles. The monoisotopic (exact) mass is 277 g/mol. The molecule has 0 amide bonds. The summed E-state index contributed by atoms with van der Waals surface area (Å²) in [5.74, 6) is -0.183. The molecule has 1 atom stereocenters. The summed E-state index contributed by atoms with van der Waals surface area (Å²) in [6, 6.07) is 0.642. The summed E-state index contributed by atoms with van der Waals surface area (Å²) in [5, 5.41) is 0. The average molecular weight is 278 g/mol. The van der Waals surface area contributed by atoms with E-state index in [-0.39, 0.29) is 10.8 Å². The first-order valence-corrected chi connectivity index (χ1v) is 6.49. The number of carbonyl (C=O) groups excluding carboxylic acids is 1. The number of carbonyl (C=O) groups is 1. The van der Waals surface area contributed by atoms with E-state index in [0.717, 1.165) is 6.54 Å². The number of ether oxygens (including phenoxy) is 1. The third-order valence-corrected chi connectivity index (χ3v) is 3.77. The second kappa shape index (κ2) is 6.48. The summed E-state index contributed by atoms with van der Waals surface area (Å²) in [6.07, 6.45) is 6.52. The molecule has 1 aliphatic carbocycles. The van der Waals surface area contributed by atoms with E-state index in [1.807, 2.05) is 0 Å². The van der Waals surface area contributed by atoms with Gasteiger partial charge in [-0.25, -0.2) is 0 Å². The molecule has 0 radical (unpaired) electrons. The molecule has 3 nitrogen and oxygen atoms in total. The fourth-order valence-corrected chi connectivity index (χ4v) is 2.77. The van der Waals surface area contributed by atoms with Crippen molar-refractivity contribution in [3.63, 3.8) is 0 Å². The topological polar surface area (TPSA) is 29.5 Å². The minimum absolute atomic E-state index is 0.183. The maximum atomic E-state index is 11.2. The molecule has 4 heteroatoms. The first kappa shape index (κ1) is 13.0. The highest BCUT2D eigenvalue weighted by Crippen LogP contribution is 2.22. The Morgan fingerprint density at radius 2 is 2.07 bits per heavy atom. The second-order valence-electron chi connectivity index (χ2n) is 4.22. The van der Waals surface area contributed by atoms with Gasteiger partial charge in [-0.05, 0) is 19.9 Å². The smallest absolute Gasteiger partial charge is 0.320 e. The molecule has 1 rings (SSSR count). The van der Waals surface area contributed by atoms with Gasteiger partial charge >= 0.3 is 5.97 Å². The molecule has 0 spiro atoms. The Labute approximate surface area is 100 Å². The van der Waals surface area contributed by atoms with Crippen molar-refractivity contribution in [3.8, 4) is 0 Å². The number of rotatable bonds is 4. The zero-order chi connectivity index (χ0) is 11.3. The van der Waals surface area contributed by atoms with Crippen LogP contribution in [0.5, 0.6) is 0 Å². The summed E-state index contributed by atoms with van der Waals surface area (Å²) in [7, 11) is 3.52. The van der Waals surface area contributed by atoms with Gasteiger partial charge in [0.25, 0.3) is 0 Å². The van der Waals surface area contributed by atoms with Crippen LogP contribution in [0.4, 0.5) is 0 Å². The number of halogens is 1. The van der Waals surface area contributed by atoms with Crippen LogP contribution >= 0.6 is 15.9 Å². The first-order chi connectivity index (χ1) is 7.15. The lowest BCUT2D eigenvalue weighted by Crippen LogP contribution is -2.39. The van der Waals surface area contributed by atoms with E-state index in [1.54, 1.807) is 0 Å². The highest BCUT2D eigenvalue weighted by Gasteiger charge is 2.23. The van der Waals surface area contributed by atoms with Crippen LogP contribution in [0.25, 0.3) is 0 Å². The molecule has 0 bridgehead atoms. The molecule has 1 saturated carbocycles. The molecular formula is C11H20BrNO2. The third kappa shape index (κ3) is 4.11. The minimum Gasteiger partial charge on any atom is -0.468 e. The van der Waals surface area contributed by atoms with Gasteiger partial charge < -0.3 is 9.64 Å². The fraction of sp³-hybridized carbons (Fsp3) is 0.909. The van der Waals surface area contributed by atoms with E-state index in [2.05, 4.69) is 32.6 Å². The van der Waals surface area contributed by atoms with Gasteiger partial charge in [0.2, 0.25) is 0 Å². The lowest BCUT2D eigenvalue weighted by atomic mass is 9.94. The number of nitrogens with zero attached hydrogens (tertiary/aromatic N) is 1. The third-order valence-electron chi connectivity index (χ3n) is 3.10. The van der Waals surface area contributed by atoms with Gasteiger partial charge in [0, 0.05) is 12.6 Å². The van der Waals surface area contributed by atoms with Crippen molar-refractivity contribution >= 4 is 21.9 Å². The van der Waals surface area contributed by atoms with Gasteiger partial charge in [0.15, 0.2) is 0 Å². The van der Waals surface area contributed by atoms with E-state index >= 15 is 0 Å². The van der Waals surface area contributed by atoms with Crippen molar-refractivity contribution in [3.05, 3.63) is 0 Å². The van der Waals surface area contributed by atoms with Crippen LogP contribution in [0, 0.1) is 0 Å². The van der Waals surface area contributed by atoms with Gasteiger partial charge in [-0.2, -0.15) is 0 Å². The van der Waals surface area contributed by atoms with Crippen molar-refractivity contribution in [2.24, 2.45) is 0 Å². The molecule has 1 aliphatic rings. The van der Waals surface area contributed by atoms with E-state index in [0.29, 0.717) is 6.04 Å². The van der Waals surface area contributed by atoms with Crippen LogP contribution in [0.15, 0.2) is 0 Å². The number of methoxy groups -OCH3 is 1. The molecule has 88 valence electrons. The van der Waals surface area contributed by atoms with Crippen molar-refractivity contribution < 1.29 is 9.53 Å². The number of hydrogen-bond donors (Lipinski definition) is 0. The van der Waals surface area contributed by atoms with Crippen LogP contribution in [-0.4, -0.2) is 42.4 Å². The Balaban J connectivity index is 2.33. The Morgan fingerprint density at radius 3 is 2.60 bits per heavy atom. The SMILES string of the molecule is COC(=O)C(Br)CN(C)C1CCCCC1. The molecule has 0 N–H and O–H groups in total. The lowest BCUT2D eigenvalue weighted by Gasteiger charge is -2.31. The van der Waals surface area contributed by atoms with Gasteiger partial charge in [-0.3, -0.25) is 4.79 Å². The number of alkyl halides is 1. The summed E-state index contributed by atoms with van der Waals surface area (Å²) in [4.78, 5) is 13.3. The van der Waals surface area contributed by atoms with Crippen LogP contribution in [0.2, 0.25) is 0 Å². The van der Waals surface area contributed by atoms with Crippen LogP contribution in [-0.2, 0) is 9.53 Å². The van der Waals surface area contributed by atoms with Crippen LogP contribution < -0.4 is 0 Å². The number of hydrogen-bond acceptors (Lipinski definition) is 3. The molecule has 0 heterocycles. The summed E-state index contributed by atoms with van der Waals surface area (Å²) in [6.45, 7) is 0.733. The van der Waals surface area contributed by atoms with E-state index < -0.39 is 0 Å². The lowest BCUT2D eigenvalue weighted by molar-refractivity contribution is -0.140. The largest absolute Gasteiger partial charge is 0.468 e. The molecule has 1 unspecified atom stereocenters. The highest BCUT2D eigenvalue weighted by atomic mass is 79.9. The maximum absolute atomic E-state index is 11.2. The molecule has 1 fully saturated rings. The Bertz CT molecular complexity index is 205. The van der Waals surface area contributed by atoms with Crippen molar-refractivity contribution in [2.45, 2.75) is 43.0 Å². The predicted molar refractivity (Wildman–Crippen MR) is 64.2 cm³/mol. The van der Waals surface area contributed by atoms with E-state index in [1.165, 1.54) is 39.2 Å². The first-order valence-electron chi connectivity index (χ1n) is 5.57. The van der Waals surface area contributed by atoms with E-state index in [9.17, 15) is 4.79 Å². The maximum Gasteiger partial charge on any atom is 0.320 e. The zero-order valence-electron chi connectivity index (χ0n) is 9.54. The summed E-state index contributed by atoms with van der Waals surface area (Å²) < 4.78 is 4.69. The zero-order valence-corrected chi connectivity index (χ0v) is 11.1. The normalized spacial score (nSPS) is 20.3. The van der Waals surface area contributed by atoms with Crippen LogP contribution in [0.1, 0.15) is 32.1 Å². The van der Waals surface area contributed by atoms with Gasteiger partial charge in [-0.1, -0.05) is 35.2 Å². The van der Waals surface area contributed by atoms with Gasteiger partial charge in [0.1, 0.15) is 4.83 Å². The Kier molecular flexibility index (Phi) is 5.61. The molecular weight excluding hydrogens is 258 g/mol. The Morgan fingerprint density at radius 1 is 1.47 bits per heavy atom. The summed E-state index contributed by atoms with van der Waals surface area (Å²) >= 11 is 3.35. The minimum atomic E-state index is -0.200. The van der Waals surface area contributed by atoms with Crippen molar-refractivity contribution in [2.75, 3.05) is 20.7 Å². The van der Waals surface area contributed by atoms with Gasteiger partial charge in [0.05, 0.1) is 7.11 Å². The van der Waals surface area contributed by atoms with Crippen molar-refractivity contribution in [1.82, 2.24) is 4.90 Å². The predicted octanol–water partition coefficient (Wildman–Crippen LogP) is 2.19. The molecule has 0 aromatic rings. The summed E-state index contributed by atoms with van der Waals surface area (Å²) in [5.41, 5.74) is 0. The fourth-order valence-electron chi connectivity index (χ4n) is 2.13. The molecule has 0 aromatic heterocycles. The molecule has 0 saturated heterocycles. The standard InChI is InChI=1S/C11H20BrNO2/c1-13(8-10(12)11(14)15-2)9-6-4-3-5-7-9/h9-10H,3-8H2,1-2H3. The number of esters is 1. The quantitative estimate of drug-likeness (QED) is 0.583. The van der Waals surface area contributed by atoms with Crippen molar-refractivity contribution in [1.29, 1.82) is 0 Å². The molecule has 15 heavy (non-hydrogen) atoms. The average Bonchev–Trinajstić information content (AvgIpc) is 2.29. The Hall–Kier alpha value is -0.0900.